The second-order valence-corrected chi connectivity index (χ2v) is 5.94. The molecule has 3 rings (SSSR count). The van der Waals surface area contributed by atoms with Crippen molar-refractivity contribution in [1.82, 2.24) is 0 Å². The fraction of sp³-hybridized carbons (Fsp3) is 0.250. The first kappa shape index (κ1) is 15.4. The lowest BCUT2D eigenvalue weighted by molar-refractivity contribution is -0.120. The van der Waals surface area contributed by atoms with Gasteiger partial charge in [0.1, 0.15) is 16.3 Å². The summed E-state index contributed by atoms with van der Waals surface area (Å²) in [6.07, 6.45) is 0. The molecule has 0 fully saturated rings. The van der Waals surface area contributed by atoms with E-state index in [0.717, 1.165) is 5.56 Å². The number of esters is 1. The Kier molecular flexibility index (Phi) is 3.96. The van der Waals surface area contributed by atoms with Crippen molar-refractivity contribution in [3.8, 4) is 16.9 Å². The lowest BCUT2D eigenvalue weighted by Gasteiger charge is -2.26. The summed E-state index contributed by atoms with van der Waals surface area (Å²) in [4.78, 5) is 25.5. The van der Waals surface area contributed by atoms with Gasteiger partial charge in [0.15, 0.2) is 6.61 Å². The van der Waals surface area contributed by atoms with Crippen LogP contribution in [0.2, 0.25) is 0 Å². The highest BCUT2D eigenvalue weighted by molar-refractivity contribution is 7.15. The number of nitrogen functional groups attached to an aromatic ring is 1. The van der Waals surface area contributed by atoms with E-state index >= 15 is 0 Å². The Labute approximate surface area is 137 Å². The molecule has 0 spiro atoms. The second-order valence-electron chi connectivity index (χ2n) is 5.03. The van der Waals surface area contributed by atoms with Gasteiger partial charge in [0.05, 0.1) is 12.3 Å². The van der Waals surface area contributed by atoms with Crippen molar-refractivity contribution in [3.05, 3.63) is 29.1 Å². The minimum absolute atomic E-state index is 0.0301. The molecule has 0 aliphatic carbocycles. The molecule has 1 amide bonds. The first-order valence-electron chi connectivity index (χ1n) is 7.10. The van der Waals surface area contributed by atoms with Gasteiger partial charge in [0.2, 0.25) is 0 Å². The summed E-state index contributed by atoms with van der Waals surface area (Å²) in [6, 6.07) is 5.44. The lowest BCUT2D eigenvalue weighted by Crippen LogP contribution is -2.35. The molecule has 0 atom stereocenters. The van der Waals surface area contributed by atoms with Crippen molar-refractivity contribution in [2.24, 2.45) is 0 Å². The third kappa shape index (κ3) is 2.63. The van der Waals surface area contributed by atoms with Crippen LogP contribution in [0.1, 0.15) is 17.3 Å². The van der Waals surface area contributed by atoms with Crippen LogP contribution < -0.4 is 15.4 Å². The maximum Gasteiger partial charge on any atom is 0.341 e. The summed E-state index contributed by atoms with van der Waals surface area (Å²) >= 11 is 1.28. The number of benzene rings is 1. The average Bonchev–Trinajstić information content (AvgIpc) is 2.93. The highest BCUT2D eigenvalue weighted by atomic mass is 32.1. The predicted octanol–water partition coefficient (Wildman–Crippen LogP) is 2.53. The van der Waals surface area contributed by atoms with E-state index in [1.54, 1.807) is 24.9 Å². The number of anilines is 2. The highest BCUT2D eigenvalue weighted by Crippen LogP contribution is 2.39. The van der Waals surface area contributed by atoms with Gasteiger partial charge in [0, 0.05) is 18.0 Å². The summed E-state index contributed by atoms with van der Waals surface area (Å²) < 4.78 is 10.5. The fourth-order valence-corrected chi connectivity index (χ4v) is 3.25. The van der Waals surface area contributed by atoms with E-state index in [2.05, 4.69) is 0 Å². The summed E-state index contributed by atoms with van der Waals surface area (Å²) in [5, 5.41) is 2.23. The standard InChI is InChI=1S/C16H16N2O4S/c1-3-21-16(20)14-10(8-23-15(14)17)9-4-5-12-11(6-9)18(2)13(19)7-22-12/h4-6,8H,3,7,17H2,1-2H3. The molecule has 1 aromatic heterocycles. The smallest absolute Gasteiger partial charge is 0.341 e. The first-order chi connectivity index (χ1) is 11.0. The van der Waals surface area contributed by atoms with Crippen molar-refractivity contribution >= 4 is 33.9 Å². The van der Waals surface area contributed by atoms with Gasteiger partial charge in [-0.2, -0.15) is 0 Å². The van der Waals surface area contributed by atoms with Crippen LogP contribution in [0.25, 0.3) is 11.1 Å². The molecule has 0 saturated heterocycles. The number of carbonyl (C=O) groups is 2. The molecular weight excluding hydrogens is 316 g/mol. The molecule has 6 nitrogen and oxygen atoms in total. The van der Waals surface area contributed by atoms with Crippen LogP contribution in [0.15, 0.2) is 23.6 Å². The van der Waals surface area contributed by atoms with Crippen LogP contribution in [-0.2, 0) is 9.53 Å². The van der Waals surface area contributed by atoms with Crippen molar-refractivity contribution in [2.45, 2.75) is 6.92 Å². The number of nitrogens with zero attached hydrogens (tertiary/aromatic N) is 1. The molecule has 2 N–H and O–H groups in total. The summed E-state index contributed by atoms with van der Waals surface area (Å²) in [5.74, 6) is 0.0708. The van der Waals surface area contributed by atoms with Crippen LogP contribution in [-0.4, -0.2) is 32.1 Å². The minimum atomic E-state index is -0.445. The van der Waals surface area contributed by atoms with Gasteiger partial charge < -0.3 is 20.1 Å². The van der Waals surface area contributed by atoms with Gasteiger partial charge >= 0.3 is 5.97 Å². The van der Waals surface area contributed by atoms with Crippen LogP contribution in [0, 0.1) is 0 Å². The Morgan fingerprint density at radius 1 is 1.48 bits per heavy atom. The Hall–Kier alpha value is -2.54. The number of hydrogen-bond acceptors (Lipinski definition) is 6. The maximum absolute atomic E-state index is 12.1. The van der Waals surface area contributed by atoms with E-state index in [1.807, 2.05) is 17.5 Å². The van der Waals surface area contributed by atoms with Gasteiger partial charge in [-0.1, -0.05) is 6.07 Å². The zero-order valence-corrected chi connectivity index (χ0v) is 13.6. The number of nitrogens with two attached hydrogens (primary N) is 1. The number of ether oxygens (including phenoxy) is 2. The summed E-state index contributed by atoms with van der Waals surface area (Å²) in [5.41, 5.74) is 8.43. The van der Waals surface area contributed by atoms with Crippen LogP contribution >= 0.6 is 11.3 Å². The van der Waals surface area contributed by atoms with Crippen molar-refractivity contribution in [2.75, 3.05) is 30.9 Å². The monoisotopic (exact) mass is 332 g/mol. The molecule has 1 aromatic carbocycles. The largest absolute Gasteiger partial charge is 0.482 e. The molecule has 23 heavy (non-hydrogen) atoms. The average molecular weight is 332 g/mol. The third-order valence-corrected chi connectivity index (χ3v) is 4.47. The minimum Gasteiger partial charge on any atom is -0.482 e. The highest BCUT2D eigenvalue weighted by Gasteiger charge is 2.25. The van der Waals surface area contributed by atoms with Gasteiger partial charge in [-0.15, -0.1) is 11.3 Å². The van der Waals surface area contributed by atoms with Crippen LogP contribution in [0.4, 0.5) is 10.7 Å². The SMILES string of the molecule is CCOC(=O)c1c(-c2ccc3c(c2)N(C)C(=O)CO3)csc1N. The Bertz CT molecular complexity index is 784. The number of likely N-dealkylation sites (N-methyl/N-ethyl adjacent to an activating group) is 1. The van der Waals surface area contributed by atoms with E-state index in [9.17, 15) is 9.59 Å². The fourth-order valence-electron chi connectivity index (χ4n) is 2.44. The lowest BCUT2D eigenvalue weighted by atomic mass is 10.0. The molecule has 1 aliphatic rings. The molecule has 0 bridgehead atoms. The maximum atomic E-state index is 12.1. The van der Waals surface area contributed by atoms with Crippen LogP contribution in [0.5, 0.6) is 5.75 Å². The van der Waals surface area contributed by atoms with Crippen molar-refractivity contribution in [1.29, 1.82) is 0 Å². The van der Waals surface area contributed by atoms with Gasteiger partial charge in [-0.25, -0.2) is 4.79 Å². The topological polar surface area (TPSA) is 81.9 Å². The first-order valence-corrected chi connectivity index (χ1v) is 7.98. The normalized spacial score (nSPS) is 13.5. The van der Waals surface area contributed by atoms with Crippen LogP contribution in [0.3, 0.4) is 0 Å². The van der Waals surface area contributed by atoms with Gasteiger partial charge in [-0.3, -0.25) is 4.79 Å². The molecule has 120 valence electrons. The number of carbonyl (C=O) groups excluding carboxylic acids is 2. The Balaban J connectivity index is 2.07. The number of rotatable bonds is 3. The number of fused-ring (bicyclic) bond motifs is 1. The Morgan fingerprint density at radius 3 is 3.00 bits per heavy atom. The van der Waals surface area contributed by atoms with E-state index in [1.165, 1.54) is 11.3 Å². The third-order valence-electron chi connectivity index (χ3n) is 3.66. The van der Waals surface area contributed by atoms with Gasteiger partial charge in [0.25, 0.3) is 5.91 Å². The van der Waals surface area contributed by atoms with Gasteiger partial charge in [-0.05, 0) is 24.6 Å². The molecular formula is C16H16N2O4S. The number of amides is 1. The Morgan fingerprint density at radius 2 is 2.26 bits per heavy atom. The van der Waals surface area contributed by atoms with E-state index < -0.39 is 5.97 Å². The predicted molar refractivity (Wildman–Crippen MR) is 89.0 cm³/mol. The molecule has 0 unspecified atom stereocenters. The zero-order chi connectivity index (χ0) is 16.6. The van der Waals surface area contributed by atoms with E-state index in [0.29, 0.717) is 27.6 Å². The molecule has 0 radical (unpaired) electrons. The molecule has 0 saturated carbocycles. The molecule has 7 heteroatoms. The second kappa shape index (κ2) is 5.92. The zero-order valence-electron chi connectivity index (χ0n) is 12.8. The summed E-state index contributed by atoms with van der Waals surface area (Å²) in [6.45, 7) is 2.06. The van der Waals surface area contributed by atoms with E-state index in [4.69, 9.17) is 15.2 Å². The molecule has 2 aromatic rings. The number of hydrogen-bond donors (Lipinski definition) is 1. The number of thiophene rings is 1. The quantitative estimate of drug-likeness (QED) is 0.874. The van der Waals surface area contributed by atoms with Crippen molar-refractivity contribution < 1.29 is 19.1 Å². The molecule has 1 aliphatic heterocycles. The molecule has 2 heterocycles. The summed E-state index contributed by atoms with van der Waals surface area (Å²) in [7, 11) is 1.70. The van der Waals surface area contributed by atoms with E-state index in [-0.39, 0.29) is 19.1 Å². The van der Waals surface area contributed by atoms with Crippen molar-refractivity contribution in [3.63, 3.8) is 0 Å².